The van der Waals surface area contributed by atoms with Crippen LogP contribution in [0, 0.1) is 0 Å². The summed E-state index contributed by atoms with van der Waals surface area (Å²) in [5.74, 6) is 0.441. The Kier molecular flexibility index (Phi) is 5.87. The van der Waals surface area contributed by atoms with Gasteiger partial charge in [0.05, 0.1) is 16.9 Å². The number of hydrogen-bond acceptors (Lipinski definition) is 5. The van der Waals surface area contributed by atoms with Crippen molar-refractivity contribution in [2.75, 3.05) is 11.1 Å². The number of carbonyl (C=O) groups is 1. The van der Waals surface area contributed by atoms with E-state index in [4.69, 9.17) is 22.3 Å². The van der Waals surface area contributed by atoms with Crippen LogP contribution in [0.5, 0.6) is 0 Å². The number of aromatic amines is 1. The van der Waals surface area contributed by atoms with Crippen molar-refractivity contribution in [2.45, 2.75) is 44.2 Å². The number of para-hydroxylation sites is 1. The number of carbonyl (C=O) groups excluding carboxylic acids is 1. The molecular formula is C26H27ClN6O. The first-order valence-corrected chi connectivity index (χ1v) is 11.8. The Morgan fingerprint density at radius 3 is 2.82 bits per heavy atom. The van der Waals surface area contributed by atoms with Gasteiger partial charge in [0.1, 0.15) is 0 Å². The number of rotatable bonds is 5. The van der Waals surface area contributed by atoms with Gasteiger partial charge < -0.3 is 21.4 Å². The number of aromatic nitrogens is 3. The highest BCUT2D eigenvalue weighted by Crippen LogP contribution is 2.34. The van der Waals surface area contributed by atoms with Gasteiger partial charge in [-0.3, -0.25) is 4.79 Å². The van der Waals surface area contributed by atoms with E-state index in [1.54, 1.807) is 30.5 Å². The molecule has 0 saturated heterocycles. The van der Waals surface area contributed by atoms with Crippen LogP contribution in [-0.4, -0.2) is 32.4 Å². The quantitative estimate of drug-likeness (QED) is 0.289. The monoisotopic (exact) mass is 474 g/mol. The van der Waals surface area contributed by atoms with Gasteiger partial charge in [0, 0.05) is 45.5 Å². The summed E-state index contributed by atoms with van der Waals surface area (Å²) >= 11 is 6.48. The zero-order valence-corrected chi connectivity index (χ0v) is 19.7. The number of nitrogen functional groups attached to an aromatic ring is 1. The van der Waals surface area contributed by atoms with Crippen LogP contribution in [0.15, 0.2) is 60.9 Å². The first-order chi connectivity index (χ1) is 16.4. The fourth-order valence-corrected chi connectivity index (χ4v) is 4.97. The summed E-state index contributed by atoms with van der Waals surface area (Å²) in [6, 6.07) is 15.2. The minimum Gasteiger partial charge on any atom is -0.399 e. The van der Waals surface area contributed by atoms with Crippen LogP contribution < -0.4 is 16.4 Å². The van der Waals surface area contributed by atoms with Crippen LogP contribution in [0.25, 0.3) is 22.2 Å². The third kappa shape index (κ3) is 4.56. The van der Waals surface area contributed by atoms with E-state index in [-0.39, 0.29) is 17.5 Å². The minimum atomic E-state index is -0.333. The van der Waals surface area contributed by atoms with E-state index in [1.807, 2.05) is 30.5 Å². The summed E-state index contributed by atoms with van der Waals surface area (Å²) in [6.07, 6.45) is 7.20. The average Bonchev–Trinajstić information content (AvgIpc) is 3.24. The average molecular weight is 475 g/mol. The van der Waals surface area contributed by atoms with Gasteiger partial charge in [0.2, 0.25) is 5.95 Å². The molecular weight excluding hydrogens is 448 g/mol. The third-order valence-electron chi connectivity index (χ3n) is 6.49. The van der Waals surface area contributed by atoms with E-state index in [0.29, 0.717) is 27.9 Å². The van der Waals surface area contributed by atoms with Crippen LogP contribution in [-0.2, 0) is 0 Å². The Hall–Kier alpha value is -3.58. The maximum Gasteiger partial charge on any atom is 0.251 e. The van der Waals surface area contributed by atoms with Gasteiger partial charge >= 0.3 is 0 Å². The van der Waals surface area contributed by atoms with Crippen molar-refractivity contribution >= 4 is 40.0 Å². The molecule has 174 valence electrons. The molecule has 2 aromatic carbocycles. The summed E-state index contributed by atoms with van der Waals surface area (Å²) < 4.78 is 0. The molecule has 2 heterocycles. The van der Waals surface area contributed by atoms with Crippen molar-refractivity contribution < 1.29 is 4.79 Å². The van der Waals surface area contributed by atoms with Crippen molar-refractivity contribution in [2.24, 2.45) is 0 Å². The molecule has 0 radical (unpaired) electrons. The number of halogens is 1. The van der Waals surface area contributed by atoms with E-state index in [0.717, 1.165) is 42.1 Å². The van der Waals surface area contributed by atoms with Crippen molar-refractivity contribution in [3.63, 3.8) is 0 Å². The number of fused-ring (bicyclic) bond motifs is 1. The Morgan fingerprint density at radius 1 is 1.21 bits per heavy atom. The summed E-state index contributed by atoms with van der Waals surface area (Å²) in [6.45, 7) is 2.09. The molecule has 2 unspecified atom stereocenters. The molecule has 7 nitrogen and oxygen atoms in total. The lowest BCUT2D eigenvalue weighted by molar-refractivity contribution is 0.0879. The Bertz CT molecular complexity index is 1330. The molecule has 1 aliphatic carbocycles. The van der Waals surface area contributed by atoms with Crippen molar-refractivity contribution in [1.29, 1.82) is 0 Å². The molecule has 1 amide bonds. The van der Waals surface area contributed by atoms with Crippen LogP contribution in [0.2, 0.25) is 5.02 Å². The third-order valence-corrected chi connectivity index (χ3v) is 6.76. The largest absolute Gasteiger partial charge is 0.399 e. The fraction of sp³-hybridized carbons (Fsp3) is 0.269. The summed E-state index contributed by atoms with van der Waals surface area (Å²) in [5.41, 5.74) is 9.31. The maximum absolute atomic E-state index is 12.8. The van der Waals surface area contributed by atoms with Crippen molar-refractivity contribution in [3.05, 3.63) is 71.5 Å². The Labute approximate surface area is 203 Å². The molecule has 4 aromatic rings. The van der Waals surface area contributed by atoms with Gasteiger partial charge in [-0.15, -0.1) is 0 Å². The van der Waals surface area contributed by atoms with E-state index in [2.05, 4.69) is 27.5 Å². The number of nitrogens with one attached hydrogen (secondary N) is 3. The molecule has 0 aliphatic heterocycles. The molecule has 8 heteroatoms. The van der Waals surface area contributed by atoms with Crippen molar-refractivity contribution in [3.8, 4) is 11.3 Å². The van der Waals surface area contributed by atoms with E-state index >= 15 is 0 Å². The molecule has 5 rings (SSSR count). The predicted molar refractivity (Wildman–Crippen MR) is 137 cm³/mol. The lowest BCUT2D eigenvalue weighted by Crippen LogP contribution is -2.51. The van der Waals surface area contributed by atoms with Gasteiger partial charge in [-0.1, -0.05) is 29.8 Å². The summed E-state index contributed by atoms with van der Waals surface area (Å²) in [5, 5.41) is 8.26. The number of nitrogens with zero attached hydrogens (tertiary/aromatic N) is 2. The fourth-order valence-electron chi connectivity index (χ4n) is 4.78. The van der Waals surface area contributed by atoms with E-state index in [9.17, 15) is 4.79 Å². The topological polar surface area (TPSA) is 109 Å². The molecule has 1 aliphatic rings. The first kappa shape index (κ1) is 22.2. The molecule has 0 bridgehead atoms. The Morgan fingerprint density at radius 2 is 2.00 bits per heavy atom. The second-order valence-corrected chi connectivity index (χ2v) is 9.62. The SMILES string of the molecule is CC1(NC(=O)c2ccc(N)cc2)CCCC(Nc2ncc(Cl)c(-c3c[nH]c4ccccc34)n2)C1. The van der Waals surface area contributed by atoms with Gasteiger partial charge in [0.15, 0.2) is 0 Å². The van der Waals surface area contributed by atoms with Crippen molar-refractivity contribution in [1.82, 2.24) is 20.3 Å². The molecule has 34 heavy (non-hydrogen) atoms. The Balaban J connectivity index is 1.32. The molecule has 0 spiro atoms. The molecule has 1 saturated carbocycles. The molecule has 5 N–H and O–H groups in total. The highest BCUT2D eigenvalue weighted by atomic mass is 35.5. The van der Waals surface area contributed by atoms with E-state index in [1.165, 1.54) is 0 Å². The maximum atomic E-state index is 12.8. The second kappa shape index (κ2) is 8.99. The standard InChI is InChI=1S/C26H27ClN6O/c1-26(33-24(34)16-8-10-17(28)11-9-16)12-4-5-18(13-26)31-25-30-15-21(27)23(32-25)20-14-29-22-7-3-2-6-19(20)22/h2-3,6-11,14-15,18,29H,4-5,12-13,28H2,1H3,(H,33,34)(H,30,31,32). The molecule has 2 atom stereocenters. The highest BCUT2D eigenvalue weighted by molar-refractivity contribution is 6.33. The normalized spacial score (nSPS) is 20.2. The van der Waals surface area contributed by atoms with Gasteiger partial charge in [-0.25, -0.2) is 9.97 Å². The number of nitrogens with two attached hydrogens (primary N) is 1. The lowest BCUT2D eigenvalue weighted by atomic mass is 9.80. The van der Waals surface area contributed by atoms with E-state index < -0.39 is 0 Å². The molecule has 1 fully saturated rings. The number of amides is 1. The zero-order chi connectivity index (χ0) is 23.7. The molecule has 2 aromatic heterocycles. The number of anilines is 2. The van der Waals surface area contributed by atoms with Gasteiger partial charge in [-0.2, -0.15) is 0 Å². The first-order valence-electron chi connectivity index (χ1n) is 11.4. The predicted octanol–water partition coefficient (Wildman–Crippen LogP) is 5.40. The van der Waals surface area contributed by atoms with Crippen LogP contribution in [0.1, 0.15) is 43.0 Å². The van der Waals surface area contributed by atoms with Gasteiger partial charge in [-0.05, 0) is 62.9 Å². The van der Waals surface area contributed by atoms with Gasteiger partial charge in [0.25, 0.3) is 5.91 Å². The van der Waals surface area contributed by atoms with Crippen LogP contribution in [0.4, 0.5) is 11.6 Å². The zero-order valence-electron chi connectivity index (χ0n) is 18.9. The number of hydrogen-bond donors (Lipinski definition) is 4. The number of H-pyrrole nitrogens is 1. The van der Waals surface area contributed by atoms with Crippen LogP contribution in [0.3, 0.4) is 0 Å². The van der Waals surface area contributed by atoms with Crippen LogP contribution >= 0.6 is 11.6 Å². The smallest absolute Gasteiger partial charge is 0.251 e. The lowest BCUT2D eigenvalue weighted by Gasteiger charge is -2.39. The minimum absolute atomic E-state index is 0.0903. The highest BCUT2D eigenvalue weighted by Gasteiger charge is 2.34. The summed E-state index contributed by atoms with van der Waals surface area (Å²) in [7, 11) is 0. The number of benzene rings is 2. The second-order valence-electron chi connectivity index (χ2n) is 9.21. The summed E-state index contributed by atoms with van der Waals surface area (Å²) in [4.78, 5) is 25.2.